The standard InChI is InChI=1S/C23H31N5O3/c1-15(2)28-22-20(14-25-28)19(13-21(26-22)18-12-16(3)31-17(18)4)23(29)24-6-5-7-27-8-10-30-11-9-27/h12-15H,5-11H2,1-4H3,(H,24,29). The van der Waals surface area contributed by atoms with Crippen molar-refractivity contribution in [1.82, 2.24) is 25.0 Å². The predicted octanol–water partition coefficient (Wildman–Crippen LogP) is 3.34. The molecule has 0 aromatic carbocycles. The van der Waals surface area contributed by atoms with Crippen molar-refractivity contribution in [2.45, 2.75) is 40.2 Å². The van der Waals surface area contributed by atoms with E-state index in [4.69, 9.17) is 14.1 Å². The largest absolute Gasteiger partial charge is 0.466 e. The van der Waals surface area contributed by atoms with E-state index < -0.39 is 0 Å². The Kier molecular flexibility index (Phi) is 6.38. The van der Waals surface area contributed by atoms with E-state index in [2.05, 4.69) is 29.2 Å². The van der Waals surface area contributed by atoms with E-state index in [1.807, 2.05) is 30.7 Å². The Morgan fingerprint density at radius 2 is 2.00 bits per heavy atom. The molecule has 1 fully saturated rings. The summed E-state index contributed by atoms with van der Waals surface area (Å²) in [6, 6.07) is 3.95. The van der Waals surface area contributed by atoms with Gasteiger partial charge in [-0.3, -0.25) is 9.69 Å². The molecule has 0 spiro atoms. The van der Waals surface area contributed by atoms with Crippen molar-refractivity contribution in [3.63, 3.8) is 0 Å². The monoisotopic (exact) mass is 425 g/mol. The number of rotatable bonds is 7. The number of fused-ring (bicyclic) bond motifs is 1. The van der Waals surface area contributed by atoms with E-state index in [1.54, 1.807) is 6.20 Å². The van der Waals surface area contributed by atoms with Crippen molar-refractivity contribution < 1.29 is 13.9 Å². The van der Waals surface area contributed by atoms with Crippen LogP contribution in [0.15, 0.2) is 22.7 Å². The number of aryl methyl sites for hydroxylation is 2. The number of carbonyl (C=O) groups excluding carboxylic acids is 1. The number of nitrogens with zero attached hydrogens (tertiary/aromatic N) is 4. The molecule has 1 aliphatic rings. The van der Waals surface area contributed by atoms with Gasteiger partial charge < -0.3 is 14.5 Å². The van der Waals surface area contributed by atoms with Gasteiger partial charge in [-0.1, -0.05) is 0 Å². The van der Waals surface area contributed by atoms with Crippen molar-refractivity contribution in [2.75, 3.05) is 39.4 Å². The fraction of sp³-hybridized carbons (Fsp3) is 0.522. The Morgan fingerprint density at radius 3 is 2.68 bits per heavy atom. The van der Waals surface area contributed by atoms with Gasteiger partial charge in [0.1, 0.15) is 11.5 Å². The maximum Gasteiger partial charge on any atom is 0.252 e. The first-order valence-corrected chi connectivity index (χ1v) is 11.0. The number of amides is 1. The lowest BCUT2D eigenvalue weighted by molar-refractivity contribution is 0.0374. The zero-order valence-electron chi connectivity index (χ0n) is 18.8. The molecule has 0 unspecified atom stereocenters. The fourth-order valence-corrected chi connectivity index (χ4v) is 4.03. The molecule has 3 aromatic heterocycles. The van der Waals surface area contributed by atoms with E-state index in [0.29, 0.717) is 17.8 Å². The highest BCUT2D eigenvalue weighted by Gasteiger charge is 2.20. The quantitative estimate of drug-likeness (QED) is 0.585. The number of furan rings is 1. The molecule has 4 rings (SSSR count). The van der Waals surface area contributed by atoms with Crippen LogP contribution in [0.2, 0.25) is 0 Å². The van der Waals surface area contributed by atoms with Gasteiger partial charge in [0.2, 0.25) is 0 Å². The van der Waals surface area contributed by atoms with Crippen LogP contribution in [-0.2, 0) is 4.74 Å². The van der Waals surface area contributed by atoms with E-state index in [9.17, 15) is 4.79 Å². The lowest BCUT2D eigenvalue weighted by atomic mass is 10.1. The van der Waals surface area contributed by atoms with Crippen LogP contribution < -0.4 is 5.32 Å². The molecular formula is C23H31N5O3. The van der Waals surface area contributed by atoms with E-state index in [-0.39, 0.29) is 11.9 Å². The molecule has 31 heavy (non-hydrogen) atoms. The maximum absolute atomic E-state index is 13.1. The third kappa shape index (κ3) is 4.65. The molecule has 0 aliphatic carbocycles. The summed E-state index contributed by atoms with van der Waals surface area (Å²) in [5, 5.41) is 8.34. The summed E-state index contributed by atoms with van der Waals surface area (Å²) >= 11 is 0. The lowest BCUT2D eigenvalue weighted by Gasteiger charge is -2.26. The second kappa shape index (κ2) is 9.20. The molecule has 166 valence electrons. The highest BCUT2D eigenvalue weighted by atomic mass is 16.5. The molecule has 0 radical (unpaired) electrons. The van der Waals surface area contributed by atoms with E-state index in [0.717, 1.165) is 67.4 Å². The van der Waals surface area contributed by atoms with Gasteiger partial charge in [0.05, 0.1) is 36.1 Å². The molecule has 1 amide bonds. The van der Waals surface area contributed by atoms with Crippen LogP contribution in [0.4, 0.5) is 0 Å². The molecule has 1 saturated heterocycles. The number of hydrogen-bond acceptors (Lipinski definition) is 6. The number of morpholine rings is 1. The van der Waals surface area contributed by atoms with Gasteiger partial charge in [0.15, 0.2) is 5.65 Å². The Balaban J connectivity index is 1.58. The zero-order valence-corrected chi connectivity index (χ0v) is 18.8. The average Bonchev–Trinajstić information content (AvgIpc) is 3.33. The molecule has 4 heterocycles. The molecule has 0 bridgehead atoms. The van der Waals surface area contributed by atoms with E-state index >= 15 is 0 Å². The Bertz CT molecular complexity index is 1060. The summed E-state index contributed by atoms with van der Waals surface area (Å²) in [7, 11) is 0. The van der Waals surface area contributed by atoms with E-state index in [1.165, 1.54) is 0 Å². The predicted molar refractivity (Wildman–Crippen MR) is 119 cm³/mol. The Labute approximate surface area is 182 Å². The molecule has 3 aromatic rings. The van der Waals surface area contributed by atoms with Crippen LogP contribution in [0, 0.1) is 13.8 Å². The first-order chi connectivity index (χ1) is 14.9. The van der Waals surface area contributed by atoms with Crippen LogP contribution in [0.1, 0.15) is 48.2 Å². The van der Waals surface area contributed by atoms with Crippen molar-refractivity contribution >= 4 is 16.9 Å². The molecule has 8 nitrogen and oxygen atoms in total. The van der Waals surface area contributed by atoms with Crippen LogP contribution in [0.25, 0.3) is 22.3 Å². The Morgan fingerprint density at radius 1 is 1.23 bits per heavy atom. The van der Waals surface area contributed by atoms with Crippen LogP contribution >= 0.6 is 0 Å². The third-order valence-electron chi connectivity index (χ3n) is 5.66. The van der Waals surface area contributed by atoms with Gasteiger partial charge >= 0.3 is 0 Å². The minimum absolute atomic E-state index is 0.100. The first-order valence-electron chi connectivity index (χ1n) is 11.0. The zero-order chi connectivity index (χ0) is 22.0. The highest BCUT2D eigenvalue weighted by Crippen LogP contribution is 2.30. The van der Waals surface area contributed by atoms with Crippen LogP contribution in [-0.4, -0.2) is 65.0 Å². The second-order valence-corrected chi connectivity index (χ2v) is 8.37. The number of pyridine rings is 1. The summed E-state index contributed by atoms with van der Waals surface area (Å²) in [4.78, 5) is 20.3. The SMILES string of the molecule is Cc1cc(-c2cc(C(=O)NCCCN3CCOCC3)c3cnn(C(C)C)c3n2)c(C)o1. The maximum atomic E-state index is 13.1. The normalized spacial score (nSPS) is 15.1. The number of carbonyl (C=O) groups is 1. The van der Waals surface area contributed by atoms with Crippen molar-refractivity contribution in [2.24, 2.45) is 0 Å². The Hall–Kier alpha value is -2.71. The number of ether oxygens (including phenoxy) is 1. The van der Waals surface area contributed by atoms with Gasteiger partial charge in [-0.2, -0.15) is 5.10 Å². The summed E-state index contributed by atoms with van der Waals surface area (Å²) < 4.78 is 12.9. The summed E-state index contributed by atoms with van der Waals surface area (Å²) in [5.74, 6) is 1.51. The average molecular weight is 426 g/mol. The molecule has 8 heteroatoms. The minimum Gasteiger partial charge on any atom is -0.466 e. The highest BCUT2D eigenvalue weighted by molar-refractivity contribution is 6.06. The van der Waals surface area contributed by atoms with Gasteiger partial charge in [-0.25, -0.2) is 9.67 Å². The summed E-state index contributed by atoms with van der Waals surface area (Å²) in [5.41, 5.74) is 2.93. The minimum atomic E-state index is -0.100. The van der Waals surface area contributed by atoms with Crippen LogP contribution in [0.3, 0.4) is 0 Å². The first kappa shape index (κ1) is 21.5. The smallest absolute Gasteiger partial charge is 0.252 e. The van der Waals surface area contributed by atoms with Crippen molar-refractivity contribution in [1.29, 1.82) is 0 Å². The van der Waals surface area contributed by atoms with Crippen molar-refractivity contribution in [3.8, 4) is 11.3 Å². The molecule has 1 aliphatic heterocycles. The lowest BCUT2D eigenvalue weighted by Crippen LogP contribution is -2.38. The summed E-state index contributed by atoms with van der Waals surface area (Å²) in [6.45, 7) is 13.0. The number of nitrogens with one attached hydrogen (secondary N) is 1. The topological polar surface area (TPSA) is 85.4 Å². The fourth-order valence-electron chi connectivity index (χ4n) is 4.03. The second-order valence-electron chi connectivity index (χ2n) is 8.37. The van der Waals surface area contributed by atoms with Gasteiger partial charge in [0, 0.05) is 31.2 Å². The third-order valence-corrected chi connectivity index (χ3v) is 5.66. The number of aromatic nitrogens is 3. The number of hydrogen-bond donors (Lipinski definition) is 1. The van der Waals surface area contributed by atoms with Gasteiger partial charge in [-0.15, -0.1) is 0 Å². The molecule has 1 N–H and O–H groups in total. The summed E-state index contributed by atoms with van der Waals surface area (Å²) in [6.07, 6.45) is 2.64. The van der Waals surface area contributed by atoms with Crippen LogP contribution in [0.5, 0.6) is 0 Å². The molecular weight excluding hydrogens is 394 g/mol. The van der Waals surface area contributed by atoms with Gasteiger partial charge in [-0.05, 0) is 52.8 Å². The van der Waals surface area contributed by atoms with Gasteiger partial charge in [0.25, 0.3) is 5.91 Å². The molecule has 0 saturated carbocycles. The molecule has 0 atom stereocenters. The van der Waals surface area contributed by atoms with Crippen molar-refractivity contribution in [3.05, 3.63) is 35.4 Å².